The van der Waals surface area contributed by atoms with E-state index in [-0.39, 0.29) is 16.8 Å². The highest BCUT2D eigenvalue weighted by atomic mass is 16.5. The minimum atomic E-state index is -0.193. The van der Waals surface area contributed by atoms with E-state index in [1.165, 1.54) is 19.8 Å². The second-order valence-corrected chi connectivity index (χ2v) is 7.77. The highest BCUT2D eigenvalue weighted by molar-refractivity contribution is 5.99. The first-order valence-electron chi connectivity index (χ1n) is 9.53. The molecule has 2 fully saturated rings. The number of hydrogen-bond donors (Lipinski definition) is 0. The lowest BCUT2D eigenvalue weighted by atomic mass is 9.99. The van der Waals surface area contributed by atoms with Crippen molar-refractivity contribution in [1.82, 2.24) is 4.57 Å². The van der Waals surface area contributed by atoms with E-state index in [2.05, 4.69) is 16.4 Å². The number of carbonyl (C=O) groups is 1. The van der Waals surface area contributed by atoms with Crippen molar-refractivity contribution in [2.75, 3.05) is 25.1 Å². The highest BCUT2D eigenvalue weighted by Crippen LogP contribution is 2.43. The molecule has 138 valence electrons. The number of anilines is 1. The summed E-state index contributed by atoms with van der Waals surface area (Å²) in [7, 11) is 1.67. The molecule has 0 radical (unpaired) electrons. The summed E-state index contributed by atoms with van der Waals surface area (Å²) in [5, 5.41) is 0.579. The van der Waals surface area contributed by atoms with Crippen LogP contribution in [0.25, 0.3) is 10.9 Å². The van der Waals surface area contributed by atoms with E-state index in [9.17, 15) is 9.59 Å². The third-order valence-corrected chi connectivity index (χ3v) is 5.65. The van der Waals surface area contributed by atoms with E-state index in [0.29, 0.717) is 17.3 Å². The number of fused-ring (bicyclic) bond motifs is 1. The Kier molecular flexibility index (Phi) is 4.25. The van der Waals surface area contributed by atoms with Crippen molar-refractivity contribution in [3.63, 3.8) is 0 Å². The lowest BCUT2D eigenvalue weighted by Gasteiger charge is -2.34. The molecule has 1 aromatic heterocycles. The van der Waals surface area contributed by atoms with Crippen LogP contribution in [0.15, 0.2) is 23.1 Å². The third-order valence-electron chi connectivity index (χ3n) is 5.65. The molecule has 1 unspecified atom stereocenters. The third kappa shape index (κ3) is 2.79. The minimum absolute atomic E-state index is 0.181. The van der Waals surface area contributed by atoms with Crippen LogP contribution >= 0.6 is 0 Å². The number of aromatic nitrogens is 1. The molecule has 0 bridgehead atoms. The van der Waals surface area contributed by atoms with Crippen molar-refractivity contribution >= 4 is 22.4 Å². The van der Waals surface area contributed by atoms with Crippen molar-refractivity contribution in [3.05, 3.63) is 34.1 Å². The second kappa shape index (κ2) is 6.45. The molecule has 5 nitrogen and oxygen atoms in total. The van der Waals surface area contributed by atoms with Crippen LogP contribution in [0, 0.1) is 5.92 Å². The average molecular weight is 354 g/mol. The Morgan fingerprint density at radius 3 is 2.62 bits per heavy atom. The molecule has 1 saturated carbocycles. The molecule has 1 saturated heterocycles. The molecule has 2 heterocycles. The van der Waals surface area contributed by atoms with Crippen LogP contribution in [0.5, 0.6) is 5.75 Å². The summed E-state index contributed by atoms with van der Waals surface area (Å²) >= 11 is 0. The van der Waals surface area contributed by atoms with Crippen molar-refractivity contribution < 1.29 is 9.53 Å². The lowest BCUT2D eigenvalue weighted by molar-refractivity contribution is 0.101. The van der Waals surface area contributed by atoms with E-state index in [0.717, 1.165) is 42.9 Å². The number of piperidine rings is 1. The zero-order valence-corrected chi connectivity index (χ0v) is 15.7. The number of methoxy groups -OCH3 is 1. The molecule has 2 aliphatic rings. The molecule has 0 spiro atoms. The quantitative estimate of drug-likeness (QED) is 0.784. The molecule has 1 aliphatic heterocycles. The maximum absolute atomic E-state index is 12.9. The van der Waals surface area contributed by atoms with Gasteiger partial charge in [-0.25, -0.2) is 0 Å². The summed E-state index contributed by atoms with van der Waals surface area (Å²) < 4.78 is 7.94. The number of Topliss-reactive ketones (excluding diaryl/α,β-unsaturated/α-hetero) is 1. The van der Waals surface area contributed by atoms with Gasteiger partial charge >= 0.3 is 0 Å². The van der Waals surface area contributed by atoms with Gasteiger partial charge in [-0.05, 0) is 50.7 Å². The summed E-state index contributed by atoms with van der Waals surface area (Å²) in [6, 6.07) is 4.21. The van der Waals surface area contributed by atoms with Crippen LogP contribution in [0.2, 0.25) is 0 Å². The SMILES string of the molecule is COc1c(N2CCCC(C)C2)ccc2c(=O)c(C(C)=O)cn(C3CC3)c12. The molecule has 1 aliphatic carbocycles. The number of ether oxygens (including phenoxy) is 1. The van der Waals surface area contributed by atoms with Gasteiger partial charge < -0.3 is 14.2 Å². The van der Waals surface area contributed by atoms with Crippen LogP contribution in [0.3, 0.4) is 0 Å². The maximum atomic E-state index is 12.9. The standard InChI is InChI=1S/C21H26N2O3/c1-13-5-4-10-22(11-13)18-9-8-16-19(21(18)26-3)23(15-6-7-15)12-17(14(2)24)20(16)25/h8-9,12-13,15H,4-7,10-11H2,1-3H3. The van der Waals surface area contributed by atoms with E-state index in [1.54, 1.807) is 13.3 Å². The minimum Gasteiger partial charge on any atom is -0.492 e. The smallest absolute Gasteiger partial charge is 0.200 e. The monoisotopic (exact) mass is 354 g/mol. The molecular weight excluding hydrogens is 328 g/mol. The number of ketones is 1. The molecule has 2 aromatic rings. The van der Waals surface area contributed by atoms with Gasteiger partial charge in [-0.3, -0.25) is 9.59 Å². The van der Waals surface area contributed by atoms with Gasteiger partial charge in [0.05, 0.1) is 29.3 Å². The largest absolute Gasteiger partial charge is 0.492 e. The number of nitrogens with zero attached hydrogens (tertiary/aromatic N) is 2. The van der Waals surface area contributed by atoms with Gasteiger partial charge in [-0.2, -0.15) is 0 Å². The van der Waals surface area contributed by atoms with Crippen LogP contribution < -0.4 is 15.1 Å². The average Bonchev–Trinajstić information content (AvgIpc) is 3.46. The van der Waals surface area contributed by atoms with Gasteiger partial charge in [-0.1, -0.05) is 6.92 Å². The number of pyridine rings is 1. The summed E-state index contributed by atoms with van der Waals surface area (Å²) in [4.78, 5) is 27.2. The Labute approximate surface area is 153 Å². The molecule has 1 atom stereocenters. The fourth-order valence-electron chi connectivity index (χ4n) is 4.16. The normalized spacial score (nSPS) is 20.4. The predicted molar refractivity (Wildman–Crippen MR) is 104 cm³/mol. The fourth-order valence-corrected chi connectivity index (χ4v) is 4.16. The molecule has 5 heteroatoms. The Morgan fingerprint density at radius 2 is 2.00 bits per heavy atom. The van der Waals surface area contributed by atoms with Gasteiger partial charge in [0.15, 0.2) is 17.0 Å². The molecule has 4 rings (SSSR count). The van der Waals surface area contributed by atoms with Gasteiger partial charge in [0, 0.05) is 25.3 Å². The van der Waals surface area contributed by atoms with E-state index < -0.39 is 0 Å². The summed E-state index contributed by atoms with van der Waals surface area (Å²) in [5.74, 6) is 1.23. The Morgan fingerprint density at radius 1 is 1.23 bits per heavy atom. The number of hydrogen-bond acceptors (Lipinski definition) is 4. The highest BCUT2D eigenvalue weighted by Gasteiger charge is 2.29. The topological polar surface area (TPSA) is 51.5 Å². The van der Waals surface area contributed by atoms with E-state index >= 15 is 0 Å². The second-order valence-electron chi connectivity index (χ2n) is 7.77. The van der Waals surface area contributed by atoms with E-state index in [4.69, 9.17) is 4.74 Å². The van der Waals surface area contributed by atoms with Gasteiger partial charge in [0.1, 0.15) is 0 Å². The number of benzene rings is 1. The van der Waals surface area contributed by atoms with Crippen molar-refractivity contribution in [2.45, 2.75) is 45.6 Å². The summed E-state index contributed by atoms with van der Waals surface area (Å²) in [6.45, 7) is 5.74. The fraction of sp³-hybridized carbons (Fsp3) is 0.524. The predicted octanol–water partition coefficient (Wildman–Crippen LogP) is 3.78. The van der Waals surface area contributed by atoms with Gasteiger partial charge in [0.25, 0.3) is 0 Å². The molecule has 0 N–H and O–H groups in total. The van der Waals surface area contributed by atoms with E-state index in [1.807, 2.05) is 12.1 Å². The lowest BCUT2D eigenvalue weighted by Crippen LogP contribution is -2.34. The van der Waals surface area contributed by atoms with Crippen molar-refractivity contribution in [3.8, 4) is 5.75 Å². The first kappa shape index (κ1) is 17.1. The zero-order valence-electron chi connectivity index (χ0n) is 15.7. The van der Waals surface area contributed by atoms with Crippen LogP contribution in [0.1, 0.15) is 55.9 Å². The van der Waals surface area contributed by atoms with Gasteiger partial charge in [0.2, 0.25) is 0 Å². The Hall–Kier alpha value is -2.30. The first-order valence-corrected chi connectivity index (χ1v) is 9.53. The van der Waals surface area contributed by atoms with Crippen molar-refractivity contribution in [2.24, 2.45) is 5.92 Å². The molecular formula is C21H26N2O3. The number of carbonyl (C=O) groups excluding carboxylic acids is 1. The first-order chi connectivity index (χ1) is 12.5. The Balaban J connectivity index is 1.97. The van der Waals surface area contributed by atoms with Crippen molar-refractivity contribution in [1.29, 1.82) is 0 Å². The molecule has 1 aromatic carbocycles. The molecule has 0 amide bonds. The van der Waals surface area contributed by atoms with Crippen LogP contribution in [-0.4, -0.2) is 30.5 Å². The summed E-state index contributed by atoms with van der Waals surface area (Å²) in [5.41, 5.74) is 1.96. The maximum Gasteiger partial charge on any atom is 0.200 e. The van der Waals surface area contributed by atoms with Crippen LogP contribution in [-0.2, 0) is 0 Å². The number of rotatable bonds is 4. The zero-order chi connectivity index (χ0) is 18.4. The Bertz CT molecular complexity index is 927. The molecule has 26 heavy (non-hydrogen) atoms. The van der Waals surface area contributed by atoms with Gasteiger partial charge in [-0.15, -0.1) is 0 Å². The van der Waals surface area contributed by atoms with Crippen LogP contribution in [0.4, 0.5) is 5.69 Å². The summed E-state index contributed by atoms with van der Waals surface area (Å²) in [6.07, 6.45) is 6.31.